The number of amides is 1. The summed E-state index contributed by atoms with van der Waals surface area (Å²) in [6.07, 6.45) is 4.38. The topological polar surface area (TPSA) is 44.9 Å². The lowest BCUT2D eigenvalue weighted by Gasteiger charge is -2.16. The predicted molar refractivity (Wildman–Crippen MR) is 97.1 cm³/mol. The molecule has 1 aliphatic rings. The maximum Gasteiger partial charge on any atom is 0.224 e. The first-order valence-corrected chi connectivity index (χ1v) is 8.65. The Hall–Kier alpha value is -2.62. The molecule has 0 saturated heterocycles. The van der Waals surface area contributed by atoms with E-state index in [2.05, 4.69) is 10.3 Å². The van der Waals surface area contributed by atoms with Gasteiger partial charge in [0.25, 0.3) is 0 Å². The number of halogens is 1. The molecule has 2 aromatic carbocycles. The number of hydrogen-bond acceptors (Lipinski definition) is 1. The normalized spacial score (nSPS) is 15.3. The summed E-state index contributed by atoms with van der Waals surface area (Å²) in [6.45, 7) is 2.62. The van der Waals surface area contributed by atoms with E-state index in [1.54, 1.807) is 12.1 Å². The Morgan fingerprint density at radius 3 is 2.84 bits per heavy atom. The molecule has 4 heteroatoms. The molecule has 1 amide bonds. The van der Waals surface area contributed by atoms with Crippen LogP contribution in [0.2, 0.25) is 0 Å². The molecule has 3 aromatic rings. The maximum atomic E-state index is 13.6. The molecule has 0 aliphatic heterocycles. The van der Waals surface area contributed by atoms with Crippen molar-refractivity contribution in [3.63, 3.8) is 0 Å². The number of fused-ring (bicyclic) bond motifs is 1. The molecule has 0 spiro atoms. The van der Waals surface area contributed by atoms with Gasteiger partial charge >= 0.3 is 0 Å². The van der Waals surface area contributed by atoms with E-state index < -0.39 is 0 Å². The Balaban J connectivity index is 1.46. The zero-order chi connectivity index (χ0) is 17.4. The fraction of sp³-hybridized carbons (Fsp3) is 0.286. The van der Waals surface area contributed by atoms with Crippen LogP contribution in [-0.4, -0.2) is 17.4 Å². The molecule has 2 N–H and O–H groups in total. The van der Waals surface area contributed by atoms with E-state index in [4.69, 9.17) is 0 Å². The van der Waals surface area contributed by atoms with Gasteiger partial charge in [-0.2, -0.15) is 0 Å². The summed E-state index contributed by atoms with van der Waals surface area (Å²) in [5, 5.41) is 4.00. The quantitative estimate of drug-likeness (QED) is 0.726. The van der Waals surface area contributed by atoms with Crippen molar-refractivity contribution in [2.24, 2.45) is 0 Å². The van der Waals surface area contributed by atoms with E-state index in [0.717, 1.165) is 40.4 Å². The third kappa shape index (κ3) is 3.16. The lowest BCUT2D eigenvalue weighted by molar-refractivity contribution is -0.120. The van der Waals surface area contributed by atoms with Crippen LogP contribution in [0, 0.1) is 12.7 Å². The first-order chi connectivity index (χ1) is 12.1. The number of aromatic amines is 1. The number of benzene rings is 2. The molecule has 0 atom stereocenters. The summed E-state index contributed by atoms with van der Waals surface area (Å²) in [5.41, 5.74) is 4.17. The minimum Gasteiger partial charge on any atom is -0.361 e. The monoisotopic (exact) mass is 336 g/mol. The molecule has 1 fully saturated rings. The zero-order valence-electron chi connectivity index (χ0n) is 14.2. The number of nitrogens with one attached hydrogen (secondary N) is 2. The van der Waals surface area contributed by atoms with Crippen LogP contribution in [0.5, 0.6) is 0 Å². The molecule has 3 nitrogen and oxygen atoms in total. The van der Waals surface area contributed by atoms with E-state index in [0.29, 0.717) is 13.0 Å². The van der Waals surface area contributed by atoms with Crippen LogP contribution in [0.1, 0.15) is 29.5 Å². The van der Waals surface area contributed by atoms with Crippen molar-refractivity contribution in [3.05, 3.63) is 71.2 Å². The average molecular weight is 336 g/mol. The van der Waals surface area contributed by atoms with E-state index >= 15 is 0 Å². The third-order valence-corrected chi connectivity index (χ3v) is 5.14. The van der Waals surface area contributed by atoms with Gasteiger partial charge in [-0.05, 0) is 49.1 Å². The highest BCUT2D eigenvalue weighted by Gasteiger charge is 2.45. The molecule has 0 bridgehead atoms. The number of carbonyl (C=O) groups is 1. The Morgan fingerprint density at radius 1 is 1.24 bits per heavy atom. The molecule has 1 aliphatic carbocycles. The van der Waals surface area contributed by atoms with Gasteiger partial charge < -0.3 is 10.3 Å². The largest absolute Gasteiger partial charge is 0.361 e. The molecule has 128 valence electrons. The summed E-state index contributed by atoms with van der Waals surface area (Å²) >= 11 is 0. The smallest absolute Gasteiger partial charge is 0.224 e. The highest BCUT2D eigenvalue weighted by atomic mass is 19.1. The molecule has 0 radical (unpaired) electrons. The van der Waals surface area contributed by atoms with Crippen LogP contribution >= 0.6 is 0 Å². The Kier molecular flexibility index (Phi) is 3.83. The lowest BCUT2D eigenvalue weighted by Crippen LogP contribution is -2.33. The SMILES string of the molecule is Cc1cccc(CC(=O)NCC2(c3c[nH]c4ccc(F)cc34)CC2)c1. The maximum absolute atomic E-state index is 13.6. The second-order valence-corrected chi connectivity index (χ2v) is 7.12. The van der Waals surface area contributed by atoms with Gasteiger partial charge in [-0.1, -0.05) is 29.8 Å². The van der Waals surface area contributed by atoms with Crippen molar-refractivity contribution in [1.82, 2.24) is 10.3 Å². The molecule has 1 heterocycles. The van der Waals surface area contributed by atoms with Gasteiger partial charge in [0.2, 0.25) is 5.91 Å². The molecule has 1 aromatic heterocycles. The lowest BCUT2D eigenvalue weighted by atomic mass is 9.95. The number of rotatable bonds is 5. The van der Waals surface area contributed by atoms with Crippen LogP contribution in [-0.2, 0) is 16.6 Å². The first-order valence-electron chi connectivity index (χ1n) is 8.65. The molecule has 0 unspecified atom stereocenters. The minimum absolute atomic E-state index is 0.0305. The fourth-order valence-corrected chi connectivity index (χ4v) is 3.56. The van der Waals surface area contributed by atoms with Crippen molar-refractivity contribution in [3.8, 4) is 0 Å². The summed E-state index contributed by atoms with van der Waals surface area (Å²) < 4.78 is 13.6. The summed E-state index contributed by atoms with van der Waals surface area (Å²) in [6, 6.07) is 12.8. The van der Waals surface area contributed by atoms with Crippen molar-refractivity contribution in [2.45, 2.75) is 31.6 Å². The Morgan fingerprint density at radius 2 is 2.08 bits per heavy atom. The van der Waals surface area contributed by atoms with Crippen molar-refractivity contribution < 1.29 is 9.18 Å². The zero-order valence-corrected chi connectivity index (χ0v) is 14.2. The number of hydrogen-bond donors (Lipinski definition) is 2. The molecule has 25 heavy (non-hydrogen) atoms. The standard InChI is InChI=1S/C21H21FN2O/c1-14-3-2-4-15(9-14)10-20(25)24-13-21(7-8-21)18-12-23-19-6-5-16(22)11-17(18)19/h2-6,9,11-12,23H,7-8,10,13H2,1H3,(H,24,25). The van der Waals surface area contributed by atoms with Crippen LogP contribution in [0.4, 0.5) is 4.39 Å². The van der Waals surface area contributed by atoms with Crippen molar-refractivity contribution >= 4 is 16.8 Å². The number of aryl methyl sites for hydroxylation is 1. The van der Waals surface area contributed by atoms with E-state index in [1.807, 2.05) is 37.4 Å². The third-order valence-electron chi connectivity index (χ3n) is 5.14. The Labute approximate surface area is 146 Å². The van der Waals surface area contributed by atoms with Crippen LogP contribution < -0.4 is 5.32 Å². The molecule has 1 saturated carbocycles. The van der Waals surface area contributed by atoms with Crippen LogP contribution in [0.15, 0.2) is 48.7 Å². The molecule has 4 rings (SSSR count). The van der Waals surface area contributed by atoms with Crippen LogP contribution in [0.3, 0.4) is 0 Å². The second kappa shape index (κ2) is 6.03. The van der Waals surface area contributed by atoms with E-state index in [-0.39, 0.29) is 17.1 Å². The first kappa shape index (κ1) is 15.9. The van der Waals surface area contributed by atoms with Gasteiger partial charge in [0, 0.05) is 29.1 Å². The summed E-state index contributed by atoms with van der Waals surface area (Å²) in [4.78, 5) is 15.5. The van der Waals surface area contributed by atoms with E-state index in [9.17, 15) is 9.18 Å². The highest BCUT2D eigenvalue weighted by Crippen LogP contribution is 2.50. The van der Waals surface area contributed by atoms with Gasteiger partial charge in [-0.15, -0.1) is 0 Å². The van der Waals surface area contributed by atoms with Crippen molar-refractivity contribution in [2.75, 3.05) is 6.54 Å². The highest BCUT2D eigenvalue weighted by molar-refractivity contribution is 5.85. The summed E-state index contributed by atoms with van der Waals surface area (Å²) in [7, 11) is 0. The summed E-state index contributed by atoms with van der Waals surface area (Å²) in [5.74, 6) is -0.199. The number of carbonyl (C=O) groups excluding carboxylic acids is 1. The van der Waals surface area contributed by atoms with Gasteiger partial charge in [0.05, 0.1) is 6.42 Å². The minimum atomic E-state index is -0.229. The number of H-pyrrole nitrogens is 1. The fourth-order valence-electron chi connectivity index (χ4n) is 3.56. The van der Waals surface area contributed by atoms with Gasteiger partial charge in [-0.25, -0.2) is 4.39 Å². The van der Waals surface area contributed by atoms with Gasteiger partial charge in [0.15, 0.2) is 0 Å². The van der Waals surface area contributed by atoms with Gasteiger partial charge in [0.1, 0.15) is 5.82 Å². The molecular formula is C21H21FN2O. The van der Waals surface area contributed by atoms with E-state index in [1.165, 1.54) is 6.07 Å². The predicted octanol–water partition coefficient (Wildman–Crippen LogP) is 4.01. The average Bonchev–Trinajstić information content (AvgIpc) is 3.25. The number of aromatic nitrogens is 1. The van der Waals surface area contributed by atoms with Crippen molar-refractivity contribution in [1.29, 1.82) is 0 Å². The van der Waals surface area contributed by atoms with Crippen LogP contribution in [0.25, 0.3) is 10.9 Å². The molecular weight excluding hydrogens is 315 g/mol. The Bertz CT molecular complexity index is 940. The second-order valence-electron chi connectivity index (χ2n) is 7.12. The van der Waals surface area contributed by atoms with Gasteiger partial charge in [-0.3, -0.25) is 4.79 Å².